The van der Waals surface area contributed by atoms with E-state index in [0.29, 0.717) is 5.71 Å². The summed E-state index contributed by atoms with van der Waals surface area (Å²) < 4.78 is 0. The fraction of sp³-hybridized carbons (Fsp3) is 0.467. The number of aliphatic imine (C=N–C) groups is 1. The van der Waals surface area contributed by atoms with Crippen LogP contribution in [0.5, 0.6) is 0 Å². The van der Waals surface area contributed by atoms with E-state index in [1.807, 2.05) is 0 Å². The smallest absolute Gasteiger partial charge is 0.0599 e. The van der Waals surface area contributed by atoms with Crippen LogP contribution in [0.4, 0.5) is 0 Å². The van der Waals surface area contributed by atoms with Gasteiger partial charge in [0.2, 0.25) is 0 Å². The zero-order chi connectivity index (χ0) is 12.7. The molecule has 0 bridgehead atoms. The molecule has 17 heavy (non-hydrogen) atoms. The molecule has 0 radical (unpaired) electrons. The van der Waals surface area contributed by atoms with Gasteiger partial charge in [-0.25, -0.2) is 0 Å². The number of fused-ring (bicyclic) bond motifs is 1. The standard InChI is InChI=1S/C15H20N2/c1-8-9(2)11(4)13-7-15(17-5)14(16)6-12(13)10(8)3/h16H,6-7H2,1-5H3. The van der Waals surface area contributed by atoms with Crippen molar-refractivity contribution in [3.63, 3.8) is 0 Å². The highest BCUT2D eigenvalue weighted by Crippen LogP contribution is 2.30. The Morgan fingerprint density at radius 2 is 1.29 bits per heavy atom. The molecule has 0 atom stereocenters. The molecule has 90 valence electrons. The third-order valence-corrected chi connectivity index (χ3v) is 4.27. The van der Waals surface area contributed by atoms with Crippen LogP contribution in [0, 0.1) is 33.1 Å². The van der Waals surface area contributed by atoms with Crippen molar-refractivity contribution in [2.75, 3.05) is 7.05 Å². The van der Waals surface area contributed by atoms with Crippen LogP contribution in [0.2, 0.25) is 0 Å². The number of hydrogen-bond acceptors (Lipinski definition) is 2. The van der Waals surface area contributed by atoms with E-state index in [1.54, 1.807) is 7.05 Å². The molecule has 1 aromatic carbocycles. The first kappa shape index (κ1) is 12.0. The maximum absolute atomic E-state index is 8.04. The normalized spacial score (nSPS) is 17.5. The first-order valence-corrected chi connectivity index (χ1v) is 6.09. The Balaban J connectivity index is 2.71. The molecule has 2 nitrogen and oxygen atoms in total. The highest BCUT2D eigenvalue weighted by atomic mass is 14.7. The summed E-state index contributed by atoms with van der Waals surface area (Å²) >= 11 is 0. The Labute approximate surface area is 103 Å². The lowest BCUT2D eigenvalue weighted by Crippen LogP contribution is -2.27. The van der Waals surface area contributed by atoms with Crippen molar-refractivity contribution in [3.05, 3.63) is 33.4 Å². The molecular formula is C15H20N2. The number of benzene rings is 1. The van der Waals surface area contributed by atoms with Gasteiger partial charge in [0.1, 0.15) is 0 Å². The topological polar surface area (TPSA) is 36.2 Å². The Kier molecular flexibility index (Phi) is 2.90. The highest BCUT2D eigenvalue weighted by molar-refractivity contribution is 6.43. The molecule has 2 heteroatoms. The van der Waals surface area contributed by atoms with Gasteiger partial charge >= 0.3 is 0 Å². The Hall–Kier alpha value is -1.44. The van der Waals surface area contributed by atoms with Crippen molar-refractivity contribution >= 4 is 11.4 Å². The third-order valence-electron chi connectivity index (χ3n) is 4.27. The van der Waals surface area contributed by atoms with Crippen LogP contribution >= 0.6 is 0 Å². The summed E-state index contributed by atoms with van der Waals surface area (Å²) in [5, 5.41) is 8.04. The molecule has 0 saturated heterocycles. The Morgan fingerprint density at radius 1 is 0.824 bits per heavy atom. The molecule has 1 N–H and O–H groups in total. The number of hydrogen-bond donors (Lipinski definition) is 1. The Bertz CT molecular complexity index is 537. The summed E-state index contributed by atoms with van der Waals surface area (Å²) in [6.45, 7) is 8.76. The molecule has 1 aliphatic rings. The van der Waals surface area contributed by atoms with E-state index in [4.69, 9.17) is 5.41 Å². The quantitative estimate of drug-likeness (QED) is 0.708. The molecule has 0 aromatic heterocycles. The fourth-order valence-electron chi connectivity index (χ4n) is 2.71. The minimum absolute atomic E-state index is 0.686. The summed E-state index contributed by atoms with van der Waals surface area (Å²) in [7, 11) is 1.79. The van der Waals surface area contributed by atoms with Crippen LogP contribution in [-0.4, -0.2) is 18.5 Å². The van der Waals surface area contributed by atoms with Gasteiger partial charge in [-0.3, -0.25) is 4.99 Å². The highest BCUT2D eigenvalue weighted by Gasteiger charge is 2.23. The lowest BCUT2D eigenvalue weighted by atomic mass is 9.80. The van der Waals surface area contributed by atoms with E-state index in [1.165, 1.54) is 33.4 Å². The minimum Gasteiger partial charge on any atom is -0.303 e. The SMILES string of the molecule is CN=C1Cc2c(C)c(C)c(C)c(C)c2CC1=N. The van der Waals surface area contributed by atoms with Crippen LogP contribution in [0.25, 0.3) is 0 Å². The third kappa shape index (κ3) is 1.72. The average Bonchev–Trinajstić information content (AvgIpc) is 2.33. The van der Waals surface area contributed by atoms with Gasteiger partial charge in [-0.1, -0.05) is 0 Å². The number of nitrogens with zero attached hydrogens (tertiary/aromatic N) is 1. The molecule has 1 aromatic rings. The van der Waals surface area contributed by atoms with E-state index < -0.39 is 0 Å². The minimum atomic E-state index is 0.686. The molecule has 0 unspecified atom stereocenters. The van der Waals surface area contributed by atoms with Gasteiger partial charge in [0.05, 0.1) is 11.4 Å². The van der Waals surface area contributed by atoms with Gasteiger partial charge < -0.3 is 5.41 Å². The van der Waals surface area contributed by atoms with Crippen molar-refractivity contribution in [3.8, 4) is 0 Å². The van der Waals surface area contributed by atoms with Gasteiger partial charge in [0.25, 0.3) is 0 Å². The maximum atomic E-state index is 8.04. The second-order valence-electron chi connectivity index (χ2n) is 4.96. The van der Waals surface area contributed by atoms with E-state index in [9.17, 15) is 0 Å². The summed E-state index contributed by atoms with van der Waals surface area (Å²) in [6.07, 6.45) is 1.58. The van der Waals surface area contributed by atoms with Gasteiger partial charge in [-0.05, 0) is 61.1 Å². The van der Waals surface area contributed by atoms with Crippen molar-refractivity contribution in [2.45, 2.75) is 40.5 Å². The van der Waals surface area contributed by atoms with Gasteiger partial charge in [0.15, 0.2) is 0 Å². The van der Waals surface area contributed by atoms with E-state index in [-0.39, 0.29) is 0 Å². The van der Waals surface area contributed by atoms with Gasteiger partial charge in [-0.15, -0.1) is 0 Å². The van der Waals surface area contributed by atoms with Gasteiger partial charge in [-0.2, -0.15) is 0 Å². The molecule has 0 aliphatic heterocycles. The molecular weight excluding hydrogens is 208 g/mol. The zero-order valence-corrected chi connectivity index (χ0v) is 11.4. The van der Waals surface area contributed by atoms with Crippen LogP contribution < -0.4 is 0 Å². The van der Waals surface area contributed by atoms with E-state index in [2.05, 4.69) is 32.7 Å². The molecule has 0 fully saturated rings. The Morgan fingerprint density at radius 3 is 1.76 bits per heavy atom. The lowest BCUT2D eigenvalue weighted by Gasteiger charge is -2.25. The second kappa shape index (κ2) is 4.10. The van der Waals surface area contributed by atoms with Crippen LogP contribution in [0.1, 0.15) is 33.4 Å². The average molecular weight is 228 g/mol. The molecule has 2 rings (SSSR count). The summed E-state index contributed by atoms with van der Waals surface area (Å²) in [5.41, 5.74) is 9.93. The molecule has 0 saturated carbocycles. The predicted molar refractivity (Wildman–Crippen MR) is 73.9 cm³/mol. The first-order chi connectivity index (χ1) is 7.97. The first-order valence-electron chi connectivity index (χ1n) is 6.09. The van der Waals surface area contributed by atoms with Crippen molar-refractivity contribution in [1.29, 1.82) is 5.41 Å². The van der Waals surface area contributed by atoms with E-state index >= 15 is 0 Å². The van der Waals surface area contributed by atoms with Crippen molar-refractivity contribution in [1.82, 2.24) is 0 Å². The largest absolute Gasteiger partial charge is 0.303 e. The number of rotatable bonds is 0. The van der Waals surface area contributed by atoms with Crippen molar-refractivity contribution in [2.24, 2.45) is 4.99 Å². The summed E-state index contributed by atoms with van der Waals surface area (Å²) in [6, 6.07) is 0. The zero-order valence-electron chi connectivity index (χ0n) is 11.4. The fourth-order valence-corrected chi connectivity index (χ4v) is 2.71. The molecule has 1 aliphatic carbocycles. The molecule has 0 spiro atoms. The predicted octanol–water partition coefficient (Wildman–Crippen LogP) is 3.11. The van der Waals surface area contributed by atoms with E-state index in [0.717, 1.165) is 18.6 Å². The maximum Gasteiger partial charge on any atom is 0.0599 e. The lowest BCUT2D eigenvalue weighted by molar-refractivity contribution is 1.05. The van der Waals surface area contributed by atoms with Crippen LogP contribution in [0.3, 0.4) is 0 Å². The molecule has 0 amide bonds. The monoisotopic (exact) mass is 228 g/mol. The molecule has 0 heterocycles. The van der Waals surface area contributed by atoms with Crippen LogP contribution in [-0.2, 0) is 12.8 Å². The summed E-state index contributed by atoms with van der Waals surface area (Å²) in [5.74, 6) is 0. The van der Waals surface area contributed by atoms with Crippen molar-refractivity contribution < 1.29 is 0 Å². The summed E-state index contributed by atoms with van der Waals surface area (Å²) in [4.78, 5) is 4.24. The van der Waals surface area contributed by atoms with Crippen LogP contribution in [0.15, 0.2) is 4.99 Å². The number of nitrogens with one attached hydrogen (secondary N) is 1. The van der Waals surface area contributed by atoms with Gasteiger partial charge in [0, 0.05) is 19.9 Å². The second-order valence-corrected chi connectivity index (χ2v) is 4.96.